The Labute approximate surface area is 75.9 Å². The lowest BCUT2D eigenvalue weighted by Gasteiger charge is -2.05. The summed E-state index contributed by atoms with van der Waals surface area (Å²) >= 11 is 3.63. The topological polar surface area (TPSA) is 103 Å². The molecule has 0 aliphatic heterocycles. The lowest BCUT2D eigenvalue weighted by atomic mass is 10.3. The fourth-order valence-corrected chi connectivity index (χ4v) is 0.529. The highest BCUT2D eigenvalue weighted by molar-refractivity contribution is 7.78. The number of nitrogens with two attached hydrogens (primary N) is 2. The number of nitrogens with one attached hydrogen (secondary N) is 1. The minimum atomic E-state index is -0.782. The summed E-state index contributed by atoms with van der Waals surface area (Å²) in [6, 6.07) is -0.782. The highest BCUT2D eigenvalue weighted by atomic mass is 32.1. The van der Waals surface area contributed by atoms with Gasteiger partial charge in [0.25, 0.3) is 0 Å². The normalized spacial score (nSPS) is 13.8. The molecule has 0 unspecified atom stereocenters. The van der Waals surface area contributed by atoms with Crippen LogP contribution < -0.4 is 16.2 Å². The van der Waals surface area contributed by atoms with E-state index in [4.69, 9.17) is 11.5 Å². The van der Waals surface area contributed by atoms with Crippen molar-refractivity contribution in [2.24, 2.45) is 16.5 Å². The van der Waals surface area contributed by atoms with Crippen molar-refractivity contribution in [3.63, 3.8) is 0 Å². The van der Waals surface area contributed by atoms with Crippen molar-refractivity contribution in [3.05, 3.63) is 0 Å². The van der Waals surface area contributed by atoms with Crippen LogP contribution in [-0.2, 0) is 9.53 Å². The van der Waals surface area contributed by atoms with Gasteiger partial charge in [-0.25, -0.2) is 0 Å². The molecule has 0 bridgehead atoms. The summed E-state index contributed by atoms with van der Waals surface area (Å²) < 4.78 is 6.66. The average Bonchev–Trinajstić information content (AvgIpc) is 2.11. The van der Waals surface area contributed by atoms with Gasteiger partial charge in [0.05, 0.1) is 13.7 Å². The molecule has 0 rings (SSSR count). The molecular weight excluding hydrogens is 180 g/mol. The van der Waals surface area contributed by atoms with E-state index >= 15 is 0 Å². The maximum absolute atomic E-state index is 10.7. The third-order valence-electron chi connectivity index (χ3n) is 1.08. The van der Waals surface area contributed by atoms with E-state index in [1.165, 1.54) is 7.11 Å². The molecule has 0 saturated heterocycles. The third kappa shape index (κ3) is 4.04. The van der Waals surface area contributed by atoms with Crippen molar-refractivity contribution in [3.8, 4) is 0 Å². The average molecular weight is 192 g/mol. The Morgan fingerprint density at radius 1 is 1.83 bits per heavy atom. The van der Waals surface area contributed by atoms with Gasteiger partial charge in [0.2, 0.25) is 0 Å². The van der Waals surface area contributed by atoms with Crippen LogP contribution in [-0.4, -0.2) is 31.6 Å². The molecule has 0 aliphatic rings. The van der Waals surface area contributed by atoms with Gasteiger partial charge in [-0.05, 0) is 0 Å². The molecule has 7 heteroatoms. The van der Waals surface area contributed by atoms with Gasteiger partial charge < -0.3 is 20.9 Å². The van der Waals surface area contributed by atoms with Crippen molar-refractivity contribution >= 4 is 24.7 Å². The number of methoxy groups -OCH3 is 1. The fourth-order valence-electron chi connectivity index (χ4n) is 0.458. The zero-order chi connectivity index (χ0) is 9.56. The maximum atomic E-state index is 10.7. The predicted octanol–water partition coefficient (Wildman–Crippen LogP) is -1.76. The number of hydrogen-bond acceptors (Lipinski definition) is 5. The molecule has 0 spiro atoms. The van der Waals surface area contributed by atoms with Crippen LogP contribution in [0, 0.1) is 0 Å². The zero-order valence-electron chi connectivity index (χ0n) is 6.65. The molecule has 0 radical (unpaired) electrons. The number of rotatable bonds is 3. The summed E-state index contributed by atoms with van der Waals surface area (Å²) in [7, 11) is 1.26. The van der Waals surface area contributed by atoms with Crippen LogP contribution in [0.15, 0.2) is 4.99 Å². The van der Waals surface area contributed by atoms with E-state index in [0.29, 0.717) is 0 Å². The number of esters is 1. The SMILES string of the molecule is COC(=O)[C@@H](N)CN=C(N)NS. The third-order valence-corrected chi connectivity index (χ3v) is 1.31. The summed E-state index contributed by atoms with van der Waals surface area (Å²) in [5, 5.41) is 0. The van der Waals surface area contributed by atoms with Gasteiger partial charge >= 0.3 is 5.97 Å². The summed E-state index contributed by atoms with van der Waals surface area (Å²) in [6.07, 6.45) is 0. The molecule has 0 aromatic rings. The van der Waals surface area contributed by atoms with Gasteiger partial charge in [-0.15, -0.1) is 0 Å². The van der Waals surface area contributed by atoms with Crippen LogP contribution in [0.5, 0.6) is 0 Å². The molecule has 0 aromatic heterocycles. The van der Waals surface area contributed by atoms with Gasteiger partial charge in [-0.1, -0.05) is 12.8 Å². The van der Waals surface area contributed by atoms with Crippen molar-refractivity contribution in [1.82, 2.24) is 4.72 Å². The molecule has 70 valence electrons. The van der Waals surface area contributed by atoms with Gasteiger partial charge in [0.1, 0.15) is 6.04 Å². The Morgan fingerprint density at radius 3 is 2.83 bits per heavy atom. The number of nitrogens with zero attached hydrogens (tertiary/aromatic N) is 1. The van der Waals surface area contributed by atoms with Crippen LogP contribution in [0.1, 0.15) is 0 Å². The second kappa shape index (κ2) is 5.67. The van der Waals surface area contributed by atoms with Crippen LogP contribution in [0.2, 0.25) is 0 Å². The van der Waals surface area contributed by atoms with Gasteiger partial charge in [-0.3, -0.25) is 9.79 Å². The molecule has 1 atom stereocenters. The standard InChI is InChI=1S/C5H12N4O2S/c1-11-4(10)3(6)2-8-5(7)9-12/h3,12H,2,6H2,1H3,(H3,7,8,9)/t3-/m0/s1. The Kier molecular flexibility index (Phi) is 5.22. The van der Waals surface area contributed by atoms with Crippen LogP contribution in [0.4, 0.5) is 0 Å². The quantitative estimate of drug-likeness (QED) is 0.183. The first-order chi connectivity index (χ1) is 5.61. The number of guanidine groups is 1. The molecule has 0 saturated carbocycles. The van der Waals surface area contributed by atoms with Gasteiger partial charge in [0.15, 0.2) is 5.96 Å². The van der Waals surface area contributed by atoms with Crippen molar-refractivity contribution in [2.75, 3.05) is 13.7 Å². The van der Waals surface area contributed by atoms with E-state index in [1.807, 2.05) is 0 Å². The summed E-state index contributed by atoms with van der Waals surface area (Å²) in [5.41, 5.74) is 10.6. The number of aliphatic imine (C=N–C) groups is 1. The summed E-state index contributed by atoms with van der Waals surface area (Å²) in [5.74, 6) is -0.414. The smallest absolute Gasteiger partial charge is 0.324 e. The molecular formula is C5H12N4O2S. The monoisotopic (exact) mass is 192 g/mol. The lowest BCUT2D eigenvalue weighted by Crippen LogP contribution is -2.36. The Balaban J connectivity index is 3.85. The number of hydrogen-bond donors (Lipinski definition) is 4. The molecule has 0 aromatic carbocycles. The molecule has 0 amide bonds. The maximum Gasteiger partial charge on any atom is 0.324 e. The fraction of sp³-hybridized carbons (Fsp3) is 0.600. The Bertz CT molecular complexity index is 184. The van der Waals surface area contributed by atoms with E-state index in [9.17, 15) is 4.79 Å². The lowest BCUT2D eigenvalue weighted by molar-refractivity contribution is -0.141. The molecule has 5 N–H and O–H groups in total. The summed E-state index contributed by atoms with van der Waals surface area (Å²) in [6.45, 7) is 0.0755. The molecule has 12 heavy (non-hydrogen) atoms. The number of carbonyl (C=O) groups is 1. The first kappa shape index (κ1) is 11.1. The predicted molar refractivity (Wildman–Crippen MR) is 48.6 cm³/mol. The Morgan fingerprint density at radius 2 is 2.42 bits per heavy atom. The van der Waals surface area contributed by atoms with E-state index in [2.05, 4.69) is 27.3 Å². The first-order valence-corrected chi connectivity index (χ1v) is 3.60. The first-order valence-electron chi connectivity index (χ1n) is 3.15. The zero-order valence-corrected chi connectivity index (χ0v) is 7.54. The van der Waals surface area contributed by atoms with Gasteiger partial charge in [0, 0.05) is 0 Å². The minimum absolute atomic E-state index is 0.0755. The largest absolute Gasteiger partial charge is 0.468 e. The molecule has 6 nitrogen and oxygen atoms in total. The van der Waals surface area contributed by atoms with E-state index < -0.39 is 12.0 Å². The molecule has 0 aliphatic carbocycles. The highest BCUT2D eigenvalue weighted by Gasteiger charge is 2.12. The number of ether oxygens (including phenoxy) is 1. The van der Waals surface area contributed by atoms with Crippen molar-refractivity contribution in [2.45, 2.75) is 6.04 Å². The van der Waals surface area contributed by atoms with Crippen LogP contribution >= 0.6 is 12.8 Å². The minimum Gasteiger partial charge on any atom is -0.468 e. The number of carbonyl (C=O) groups excluding carboxylic acids is 1. The van der Waals surface area contributed by atoms with Gasteiger partial charge in [-0.2, -0.15) is 0 Å². The molecule has 0 fully saturated rings. The van der Waals surface area contributed by atoms with E-state index in [0.717, 1.165) is 0 Å². The summed E-state index contributed by atoms with van der Waals surface area (Å²) in [4.78, 5) is 14.4. The van der Waals surface area contributed by atoms with E-state index in [-0.39, 0.29) is 12.5 Å². The van der Waals surface area contributed by atoms with Crippen molar-refractivity contribution < 1.29 is 9.53 Å². The van der Waals surface area contributed by atoms with Crippen LogP contribution in [0.25, 0.3) is 0 Å². The number of thiol groups is 1. The second-order valence-corrected chi connectivity index (χ2v) is 2.19. The van der Waals surface area contributed by atoms with E-state index in [1.54, 1.807) is 0 Å². The van der Waals surface area contributed by atoms with Crippen molar-refractivity contribution in [1.29, 1.82) is 0 Å². The second-order valence-electron chi connectivity index (χ2n) is 1.97. The molecule has 0 heterocycles. The highest BCUT2D eigenvalue weighted by Crippen LogP contribution is 1.84. The Hall–Kier alpha value is -0.950. The van der Waals surface area contributed by atoms with Crippen LogP contribution in [0.3, 0.4) is 0 Å².